The van der Waals surface area contributed by atoms with E-state index in [0.717, 1.165) is 56.0 Å². The Balaban J connectivity index is 1.59. The maximum Gasteiger partial charge on any atom is 0.274 e. The van der Waals surface area contributed by atoms with Crippen LogP contribution in [0.4, 0.5) is 0 Å². The summed E-state index contributed by atoms with van der Waals surface area (Å²) in [6, 6.07) is 0. The van der Waals surface area contributed by atoms with Crippen molar-refractivity contribution in [2.75, 3.05) is 26.2 Å². The van der Waals surface area contributed by atoms with E-state index in [4.69, 9.17) is 0 Å². The molecule has 7 heteroatoms. The Morgan fingerprint density at radius 1 is 1.15 bits per heavy atom. The van der Waals surface area contributed by atoms with Gasteiger partial charge in [0.25, 0.3) is 5.91 Å². The zero-order valence-corrected chi connectivity index (χ0v) is 16.1. The first-order valence-electron chi connectivity index (χ1n) is 9.86. The number of aliphatic hydroxyl groups excluding tert-OH is 1. The largest absolute Gasteiger partial charge is 0.392 e. The number of hydrogen-bond donors (Lipinski definition) is 1. The second-order valence-electron chi connectivity index (χ2n) is 7.55. The molecule has 1 amide bonds. The van der Waals surface area contributed by atoms with E-state index < -0.39 is 0 Å². The van der Waals surface area contributed by atoms with Crippen LogP contribution in [0, 0.1) is 0 Å². The van der Waals surface area contributed by atoms with Crippen molar-refractivity contribution in [3.8, 4) is 0 Å². The standard InChI is InChI=1S/C19H28N4O2S/c24-15-7-6-8-21(13-15)14-16-17(20-19-23(16)11-12-26-19)18(25)22-9-4-2-1-3-5-10-22/h11-12,15,24H,1-10,13-14H2. The van der Waals surface area contributed by atoms with E-state index in [1.807, 2.05) is 16.5 Å². The van der Waals surface area contributed by atoms with Gasteiger partial charge in [-0.05, 0) is 32.2 Å². The molecule has 4 heterocycles. The first kappa shape index (κ1) is 17.9. The van der Waals surface area contributed by atoms with Crippen LogP contribution in [0.25, 0.3) is 4.96 Å². The molecule has 2 fully saturated rings. The van der Waals surface area contributed by atoms with Crippen LogP contribution in [0.1, 0.15) is 61.1 Å². The van der Waals surface area contributed by atoms with E-state index in [2.05, 4.69) is 14.3 Å². The van der Waals surface area contributed by atoms with Crippen molar-refractivity contribution >= 4 is 22.2 Å². The number of amides is 1. The van der Waals surface area contributed by atoms with Crippen LogP contribution < -0.4 is 0 Å². The number of β-amino-alcohol motifs (C(OH)–C–C–N with tert-alkyl or cyclic N) is 1. The normalized spacial score (nSPS) is 23.1. The third-order valence-corrected chi connectivity index (χ3v) is 6.32. The van der Waals surface area contributed by atoms with Crippen LogP contribution in [0.2, 0.25) is 0 Å². The van der Waals surface area contributed by atoms with Gasteiger partial charge in [-0.2, -0.15) is 0 Å². The zero-order valence-electron chi connectivity index (χ0n) is 15.3. The number of likely N-dealkylation sites (tertiary alicyclic amines) is 2. The average Bonchev–Trinajstić information content (AvgIpc) is 3.17. The van der Waals surface area contributed by atoms with Gasteiger partial charge in [0.1, 0.15) is 0 Å². The molecule has 2 aromatic heterocycles. The highest BCUT2D eigenvalue weighted by Gasteiger charge is 2.27. The van der Waals surface area contributed by atoms with Crippen molar-refractivity contribution < 1.29 is 9.90 Å². The van der Waals surface area contributed by atoms with Crippen molar-refractivity contribution in [2.24, 2.45) is 0 Å². The van der Waals surface area contributed by atoms with Gasteiger partial charge in [-0.15, -0.1) is 11.3 Å². The predicted molar refractivity (Wildman–Crippen MR) is 103 cm³/mol. The number of carbonyl (C=O) groups excluding carboxylic acids is 1. The second-order valence-corrected chi connectivity index (χ2v) is 8.43. The number of hydrogen-bond acceptors (Lipinski definition) is 5. The monoisotopic (exact) mass is 376 g/mol. The molecule has 1 atom stereocenters. The Bertz CT molecular complexity index is 748. The first-order valence-corrected chi connectivity index (χ1v) is 10.7. The van der Waals surface area contributed by atoms with E-state index in [9.17, 15) is 9.90 Å². The highest BCUT2D eigenvalue weighted by Crippen LogP contribution is 2.23. The van der Waals surface area contributed by atoms with Crippen LogP contribution in [0.5, 0.6) is 0 Å². The van der Waals surface area contributed by atoms with E-state index in [0.29, 0.717) is 18.8 Å². The van der Waals surface area contributed by atoms with Crippen LogP contribution in [-0.2, 0) is 6.54 Å². The molecule has 1 unspecified atom stereocenters. The summed E-state index contributed by atoms with van der Waals surface area (Å²) in [6.07, 6.45) is 9.49. The van der Waals surface area contributed by atoms with Crippen molar-refractivity contribution in [3.05, 3.63) is 23.0 Å². The molecule has 0 saturated carbocycles. The molecular formula is C19H28N4O2S. The van der Waals surface area contributed by atoms with Gasteiger partial charge in [0.15, 0.2) is 10.7 Å². The van der Waals surface area contributed by atoms with Gasteiger partial charge in [0, 0.05) is 37.8 Å². The Morgan fingerprint density at radius 2 is 1.92 bits per heavy atom. The van der Waals surface area contributed by atoms with Crippen molar-refractivity contribution in [1.82, 2.24) is 19.2 Å². The third-order valence-electron chi connectivity index (χ3n) is 5.56. The van der Waals surface area contributed by atoms with Crippen LogP contribution in [0.3, 0.4) is 0 Å². The van der Waals surface area contributed by atoms with Crippen molar-refractivity contribution in [1.29, 1.82) is 0 Å². The van der Waals surface area contributed by atoms with Gasteiger partial charge in [-0.1, -0.05) is 19.3 Å². The third kappa shape index (κ3) is 3.80. The average molecular weight is 377 g/mol. The molecule has 0 spiro atoms. The summed E-state index contributed by atoms with van der Waals surface area (Å²) in [7, 11) is 0. The maximum atomic E-state index is 13.2. The fraction of sp³-hybridized carbons (Fsp3) is 0.684. The molecule has 0 radical (unpaired) electrons. The molecule has 2 aliphatic rings. The fourth-order valence-corrected chi connectivity index (χ4v) is 4.87. The number of carbonyl (C=O) groups is 1. The lowest BCUT2D eigenvalue weighted by atomic mass is 10.1. The van der Waals surface area contributed by atoms with E-state index in [1.165, 1.54) is 19.3 Å². The number of rotatable bonds is 3. The van der Waals surface area contributed by atoms with Crippen LogP contribution >= 0.6 is 11.3 Å². The minimum Gasteiger partial charge on any atom is -0.392 e. The lowest BCUT2D eigenvalue weighted by Gasteiger charge is -2.30. The fourth-order valence-electron chi connectivity index (χ4n) is 4.14. The molecule has 6 nitrogen and oxygen atoms in total. The minimum atomic E-state index is -0.261. The highest BCUT2D eigenvalue weighted by molar-refractivity contribution is 7.15. The number of aliphatic hydroxyl groups is 1. The van der Waals surface area contributed by atoms with Crippen LogP contribution in [-0.4, -0.2) is 62.5 Å². The Hall–Kier alpha value is -1.44. The molecule has 1 N–H and O–H groups in total. The molecule has 0 aliphatic carbocycles. The molecule has 142 valence electrons. The Kier molecular flexibility index (Phi) is 5.57. The number of aromatic nitrogens is 2. The number of fused-ring (bicyclic) bond motifs is 1. The lowest BCUT2D eigenvalue weighted by Crippen LogP contribution is -2.39. The second kappa shape index (κ2) is 8.06. The number of thiazole rings is 1. The molecule has 0 bridgehead atoms. The number of imidazole rings is 1. The van der Waals surface area contributed by atoms with Gasteiger partial charge < -0.3 is 10.0 Å². The highest BCUT2D eigenvalue weighted by atomic mass is 32.1. The molecular weight excluding hydrogens is 348 g/mol. The van der Waals surface area contributed by atoms with E-state index in [1.54, 1.807) is 11.3 Å². The molecule has 4 rings (SSSR count). The quantitative estimate of drug-likeness (QED) is 0.895. The Labute approximate surface area is 158 Å². The molecule has 2 aliphatic heterocycles. The summed E-state index contributed by atoms with van der Waals surface area (Å²) in [6.45, 7) is 3.99. The SMILES string of the molecule is O=C(c1nc2sccn2c1CN1CCCC(O)C1)N1CCCCCCC1. The van der Waals surface area contributed by atoms with E-state index in [-0.39, 0.29) is 12.0 Å². The van der Waals surface area contributed by atoms with E-state index >= 15 is 0 Å². The summed E-state index contributed by atoms with van der Waals surface area (Å²) in [5.74, 6) is 0.0790. The molecule has 2 saturated heterocycles. The predicted octanol–water partition coefficient (Wildman–Crippen LogP) is 2.76. The van der Waals surface area contributed by atoms with Crippen molar-refractivity contribution in [2.45, 2.75) is 57.6 Å². The lowest BCUT2D eigenvalue weighted by molar-refractivity contribution is 0.0649. The van der Waals surface area contributed by atoms with Crippen LogP contribution in [0.15, 0.2) is 11.6 Å². The molecule has 0 aromatic carbocycles. The summed E-state index contributed by atoms with van der Waals surface area (Å²) in [5, 5.41) is 12.0. The topological polar surface area (TPSA) is 61.1 Å². The Morgan fingerprint density at radius 3 is 2.69 bits per heavy atom. The summed E-state index contributed by atoms with van der Waals surface area (Å²) in [4.78, 5) is 23.1. The van der Waals surface area contributed by atoms with Gasteiger partial charge >= 0.3 is 0 Å². The molecule has 2 aromatic rings. The van der Waals surface area contributed by atoms with Crippen molar-refractivity contribution in [3.63, 3.8) is 0 Å². The zero-order chi connectivity index (χ0) is 17.9. The first-order chi connectivity index (χ1) is 12.7. The van der Waals surface area contributed by atoms with Gasteiger partial charge in [-0.3, -0.25) is 14.1 Å². The summed E-state index contributed by atoms with van der Waals surface area (Å²) >= 11 is 1.57. The number of piperidine rings is 1. The summed E-state index contributed by atoms with van der Waals surface area (Å²) in [5.41, 5.74) is 1.58. The maximum absolute atomic E-state index is 13.2. The summed E-state index contributed by atoms with van der Waals surface area (Å²) < 4.78 is 2.06. The number of nitrogens with zero attached hydrogens (tertiary/aromatic N) is 4. The minimum absolute atomic E-state index is 0.0790. The van der Waals surface area contributed by atoms with Gasteiger partial charge in [-0.25, -0.2) is 4.98 Å². The van der Waals surface area contributed by atoms with Gasteiger partial charge in [0.2, 0.25) is 0 Å². The smallest absolute Gasteiger partial charge is 0.274 e. The van der Waals surface area contributed by atoms with Gasteiger partial charge in [0.05, 0.1) is 11.8 Å². The molecule has 26 heavy (non-hydrogen) atoms.